The molecule has 178 valence electrons. The van der Waals surface area contributed by atoms with E-state index in [1.165, 1.54) is 0 Å². The third-order valence-electron chi connectivity index (χ3n) is 4.88. The van der Waals surface area contributed by atoms with E-state index >= 15 is 0 Å². The van der Waals surface area contributed by atoms with E-state index in [2.05, 4.69) is 28.6 Å². The molecular formula is C19H34N4O7S. The highest BCUT2D eigenvalue weighted by molar-refractivity contribution is 7.80. The second-order valence-corrected chi connectivity index (χ2v) is 8.08. The molecule has 0 aliphatic rings. The SMILES string of the molecule is CCC(C)C(N)C(=O)NC(CCC(=O)O)C(=O)NC(C(=O)NC(CS)C(=O)O)C(C)C. The van der Waals surface area contributed by atoms with Gasteiger partial charge in [-0.25, -0.2) is 4.79 Å². The average molecular weight is 463 g/mol. The van der Waals surface area contributed by atoms with Crippen LogP contribution in [-0.2, 0) is 24.0 Å². The second-order valence-electron chi connectivity index (χ2n) is 7.72. The zero-order valence-electron chi connectivity index (χ0n) is 18.3. The molecule has 5 unspecified atom stereocenters. The van der Waals surface area contributed by atoms with Gasteiger partial charge < -0.3 is 31.9 Å². The van der Waals surface area contributed by atoms with E-state index in [-0.39, 0.29) is 18.1 Å². The molecule has 12 heteroatoms. The van der Waals surface area contributed by atoms with Gasteiger partial charge in [-0.05, 0) is 18.3 Å². The molecule has 0 aromatic rings. The van der Waals surface area contributed by atoms with Crippen molar-refractivity contribution in [2.75, 3.05) is 5.75 Å². The number of rotatable bonds is 14. The van der Waals surface area contributed by atoms with Crippen molar-refractivity contribution in [3.05, 3.63) is 0 Å². The first-order valence-corrected chi connectivity index (χ1v) is 10.7. The lowest BCUT2D eigenvalue weighted by Crippen LogP contribution is -2.59. The number of thiol groups is 1. The molecule has 5 atom stereocenters. The number of aliphatic carboxylic acids is 2. The number of carboxylic acid groups (broad SMARTS) is 2. The Morgan fingerprint density at radius 2 is 1.45 bits per heavy atom. The molecule has 0 spiro atoms. The maximum Gasteiger partial charge on any atom is 0.327 e. The fraction of sp³-hybridized carbons (Fsp3) is 0.737. The minimum atomic E-state index is -1.28. The highest BCUT2D eigenvalue weighted by Crippen LogP contribution is 2.09. The number of carbonyl (C=O) groups is 5. The van der Waals surface area contributed by atoms with Crippen molar-refractivity contribution in [3.63, 3.8) is 0 Å². The molecule has 7 N–H and O–H groups in total. The molecule has 31 heavy (non-hydrogen) atoms. The van der Waals surface area contributed by atoms with Gasteiger partial charge in [-0.2, -0.15) is 12.6 Å². The van der Waals surface area contributed by atoms with Crippen molar-refractivity contribution in [2.45, 2.75) is 71.1 Å². The summed E-state index contributed by atoms with van der Waals surface area (Å²) in [6.07, 6.45) is 0.0310. The molecule has 0 rings (SSSR count). The summed E-state index contributed by atoms with van der Waals surface area (Å²) in [5, 5.41) is 25.3. The van der Waals surface area contributed by atoms with Crippen LogP contribution in [0.4, 0.5) is 0 Å². The lowest BCUT2D eigenvalue weighted by molar-refractivity contribution is -0.142. The molecule has 11 nitrogen and oxygen atoms in total. The summed E-state index contributed by atoms with van der Waals surface area (Å²) in [4.78, 5) is 59.8. The Labute approximate surface area is 187 Å². The molecule has 0 aromatic carbocycles. The molecule has 0 aromatic heterocycles. The summed E-state index contributed by atoms with van der Waals surface area (Å²) in [5.41, 5.74) is 5.88. The smallest absolute Gasteiger partial charge is 0.327 e. The number of hydrogen-bond donors (Lipinski definition) is 7. The highest BCUT2D eigenvalue weighted by Gasteiger charge is 2.32. The molecular weight excluding hydrogens is 428 g/mol. The van der Waals surface area contributed by atoms with Gasteiger partial charge in [-0.3, -0.25) is 19.2 Å². The Morgan fingerprint density at radius 1 is 0.903 bits per heavy atom. The number of nitrogens with two attached hydrogens (primary N) is 1. The van der Waals surface area contributed by atoms with Crippen LogP contribution in [0.5, 0.6) is 0 Å². The van der Waals surface area contributed by atoms with Crippen molar-refractivity contribution >= 4 is 42.3 Å². The molecule has 0 bridgehead atoms. The van der Waals surface area contributed by atoms with Gasteiger partial charge >= 0.3 is 11.9 Å². The molecule has 0 saturated carbocycles. The van der Waals surface area contributed by atoms with E-state index in [1.807, 2.05) is 6.92 Å². The number of nitrogens with one attached hydrogen (secondary N) is 3. The van der Waals surface area contributed by atoms with Crippen LogP contribution in [0.15, 0.2) is 0 Å². The standard InChI is InChI=1S/C19H34N4O7S/c1-5-10(4)14(20)17(27)21-11(6-7-13(24)25)16(26)23-15(9(2)3)18(28)22-12(8-31)19(29)30/h9-12,14-15,31H,5-8,20H2,1-4H3,(H,21,27)(H,22,28)(H,23,26)(H,24,25)(H,29,30). The van der Waals surface area contributed by atoms with Crippen LogP contribution in [0, 0.1) is 11.8 Å². The van der Waals surface area contributed by atoms with E-state index in [1.54, 1.807) is 20.8 Å². The van der Waals surface area contributed by atoms with Crippen LogP contribution < -0.4 is 21.7 Å². The van der Waals surface area contributed by atoms with Crippen molar-refractivity contribution in [2.24, 2.45) is 17.6 Å². The van der Waals surface area contributed by atoms with Gasteiger partial charge in [-0.1, -0.05) is 34.1 Å². The van der Waals surface area contributed by atoms with E-state index < -0.39 is 66.2 Å². The van der Waals surface area contributed by atoms with Crippen LogP contribution in [0.3, 0.4) is 0 Å². The van der Waals surface area contributed by atoms with Crippen LogP contribution in [0.25, 0.3) is 0 Å². The van der Waals surface area contributed by atoms with Crippen molar-refractivity contribution in [1.29, 1.82) is 0 Å². The van der Waals surface area contributed by atoms with E-state index in [0.29, 0.717) is 6.42 Å². The molecule has 0 heterocycles. The van der Waals surface area contributed by atoms with Gasteiger partial charge in [0.15, 0.2) is 0 Å². The Morgan fingerprint density at radius 3 is 1.87 bits per heavy atom. The molecule has 3 amide bonds. The minimum absolute atomic E-state index is 0.148. The maximum absolute atomic E-state index is 12.8. The number of carbonyl (C=O) groups excluding carboxylic acids is 3. The van der Waals surface area contributed by atoms with Crippen LogP contribution in [0.1, 0.15) is 47.0 Å². The first-order chi connectivity index (χ1) is 14.3. The van der Waals surface area contributed by atoms with Crippen LogP contribution >= 0.6 is 12.6 Å². The summed E-state index contributed by atoms with van der Waals surface area (Å²) < 4.78 is 0. The normalized spacial score (nSPS) is 15.8. The molecule has 0 radical (unpaired) electrons. The fourth-order valence-electron chi connectivity index (χ4n) is 2.55. The summed E-state index contributed by atoms with van der Waals surface area (Å²) in [6.45, 7) is 6.92. The van der Waals surface area contributed by atoms with Crippen LogP contribution in [-0.4, -0.2) is 69.8 Å². The van der Waals surface area contributed by atoms with Crippen molar-refractivity contribution < 1.29 is 34.2 Å². The Kier molecular flexibility index (Phi) is 12.8. The fourth-order valence-corrected chi connectivity index (χ4v) is 2.80. The predicted octanol–water partition coefficient (Wildman–Crippen LogP) is -0.651. The monoisotopic (exact) mass is 462 g/mol. The van der Waals surface area contributed by atoms with Crippen LogP contribution in [0.2, 0.25) is 0 Å². The highest BCUT2D eigenvalue weighted by atomic mass is 32.1. The largest absolute Gasteiger partial charge is 0.481 e. The zero-order valence-corrected chi connectivity index (χ0v) is 19.1. The van der Waals surface area contributed by atoms with E-state index in [9.17, 15) is 24.0 Å². The van der Waals surface area contributed by atoms with Crippen molar-refractivity contribution in [1.82, 2.24) is 16.0 Å². The summed E-state index contributed by atoms with van der Waals surface area (Å²) in [7, 11) is 0. The van der Waals surface area contributed by atoms with Gasteiger partial charge in [0, 0.05) is 12.2 Å². The van der Waals surface area contributed by atoms with Gasteiger partial charge in [0.1, 0.15) is 18.1 Å². The van der Waals surface area contributed by atoms with E-state index in [4.69, 9.17) is 15.9 Å². The Hall–Kier alpha value is -2.34. The third-order valence-corrected chi connectivity index (χ3v) is 5.25. The Balaban J connectivity index is 5.44. The van der Waals surface area contributed by atoms with Crippen molar-refractivity contribution in [3.8, 4) is 0 Å². The predicted molar refractivity (Wildman–Crippen MR) is 116 cm³/mol. The van der Waals surface area contributed by atoms with Gasteiger partial charge in [-0.15, -0.1) is 0 Å². The number of hydrogen-bond acceptors (Lipinski definition) is 7. The second kappa shape index (κ2) is 13.9. The minimum Gasteiger partial charge on any atom is -0.481 e. The van der Waals surface area contributed by atoms with Gasteiger partial charge in [0.05, 0.1) is 6.04 Å². The topological polar surface area (TPSA) is 188 Å². The van der Waals surface area contributed by atoms with Gasteiger partial charge in [0.25, 0.3) is 0 Å². The first-order valence-electron chi connectivity index (χ1n) is 10.1. The lowest BCUT2D eigenvalue weighted by Gasteiger charge is -2.27. The number of amides is 3. The summed E-state index contributed by atoms with van der Waals surface area (Å²) >= 11 is 3.88. The van der Waals surface area contributed by atoms with Gasteiger partial charge in [0.2, 0.25) is 17.7 Å². The zero-order chi connectivity index (χ0) is 24.3. The molecule has 0 aliphatic carbocycles. The lowest BCUT2D eigenvalue weighted by atomic mass is 9.98. The maximum atomic E-state index is 12.8. The average Bonchev–Trinajstić information content (AvgIpc) is 2.70. The molecule has 0 fully saturated rings. The number of carboxylic acids is 2. The first kappa shape index (κ1) is 28.7. The summed E-state index contributed by atoms with van der Waals surface area (Å²) in [5.74, 6) is -5.27. The molecule has 0 saturated heterocycles. The quantitative estimate of drug-likeness (QED) is 0.166. The Bertz CT molecular complexity index is 659. The summed E-state index contributed by atoms with van der Waals surface area (Å²) in [6, 6.07) is -4.47. The molecule has 0 aliphatic heterocycles. The third kappa shape index (κ3) is 10.0. The van der Waals surface area contributed by atoms with E-state index in [0.717, 1.165) is 0 Å².